The third-order valence-electron chi connectivity index (χ3n) is 3.56. The van der Waals surface area contributed by atoms with Crippen LogP contribution in [-0.4, -0.2) is 30.3 Å². The Morgan fingerprint density at radius 3 is 2.36 bits per heavy atom. The zero-order valence-corrected chi connectivity index (χ0v) is 14.2. The van der Waals surface area contributed by atoms with Gasteiger partial charge in [-0.05, 0) is 31.0 Å². The molecule has 1 aromatic carbocycles. The van der Waals surface area contributed by atoms with Crippen LogP contribution in [0.15, 0.2) is 30.9 Å². The molecule has 0 saturated heterocycles. The lowest BCUT2D eigenvalue weighted by molar-refractivity contribution is -0.137. The number of rotatable bonds is 12. The zero-order valence-electron chi connectivity index (χ0n) is 14.2. The van der Waals surface area contributed by atoms with Gasteiger partial charge >= 0.3 is 11.9 Å². The fourth-order valence-electron chi connectivity index (χ4n) is 2.19. The van der Waals surface area contributed by atoms with E-state index < -0.39 is 5.97 Å². The van der Waals surface area contributed by atoms with E-state index in [-0.39, 0.29) is 11.5 Å². The van der Waals surface area contributed by atoms with Gasteiger partial charge in [0.25, 0.3) is 0 Å². The molecule has 0 bridgehead atoms. The third kappa shape index (κ3) is 8.02. The Bertz CT molecular complexity index is 633. The first kappa shape index (κ1) is 20.2. The van der Waals surface area contributed by atoms with Crippen molar-refractivity contribution in [3.8, 4) is 11.8 Å². The number of benzene rings is 1. The minimum atomic E-state index is -1.05. The molecule has 1 rings (SSSR count). The molecule has 6 heteroatoms. The van der Waals surface area contributed by atoms with Crippen molar-refractivity contribution < 1.29 is 24.2 Å². The number of nitrogens with zero attached hydrogens (tertiary/aromatic N) is 1. The van der Waals surface area contributed by atoms with Gasteiger partial charge in [-0.2, -0.15) is 5.26 Å². The van der Waals surface area contributed by atoms with Crippen LogP contribution in [0.4, 0.5) is 0 Å². The van der Waals surface area contributed by atoms with Crippen molar-refractivity contribution in [2.45, 2.75) is 38.5 Å². The molecule has 0 spiro atoms. The molecule has 0 aliphatic carbocycles. The summed E-state index contributed by atoms with van der Waals surface area (Å²) < 4.78 is 10.4. The molecule has 0 aliphatic heterocycles. The van der Waals surface area contributed by atoms with E-state index in [0.29, 0.717) is 24.5 Å². The van der Waals surface area contributed by atoms with E-state index in [2.05, 4.69) is 6.58 Å². The average molecular weight is 345 g/mol. The van der Waals surface area contributed by atoms with Gasteiger partial charge in [0.2, 0.25) is 0 Å². The maximum atomic E-state index is 11.0. The van der Waals surface area contributed by atoms with Crippen LogP contribution in [0.1, 0.15) is 54.4 Å². The van der Waals surface area contributed by atoms with Crippen molar-refractivity contribution in [1.82, 2.24) is 0 Å². The lowest BCUT2D eigenvalue weighted by atomic mass is 10.1. The number of carbonyl (C=O) groups excluding carboxylic acids is 1. The maximum Gasteiger partial charge on any atom is 0.335 e. The Kier molecular flexibility index (Phi) is 9.46. The number of aromatic carboxylic acids is 1. The van der Waals surface area contributed by atoms with Gasteiger partial charge in [-0.1, -0.05) is 32.3 Å². The molecule has 0 fully saturated rings. The number of unbranched alkanes of at least 4 members (excludes halogenated alkanes) is 5. The number of carbonyl (C=O) groups is 2. The summed E-state index contributed by atoms with van der Waals surface area (Å²) in [5.74, 6) is -1.12. The highest BCUT2D eigenvalue weighted by atomic mass is 16.5. The van der Waals surface area contributed by atoms with Gasteiger partial charge in [-0.15, -0.1) is 0 Å². The number of ether oxygens (including phenoxy) is 2. The molecule has 6 nitrogen and oxygen atoms in total. The number of nitriles is 1. The van der Waals surface area contributed by atoms with Gasteiger partial charge in [0.15, 0.2) is 0 Å². The summed E-state index contributed by atoms with van der Waals surface area (Å²) in [5.41, 5.74) is 0.435. The summed E-state index contributed by atoms with van der Waals surface area (Å²) in [5, 5.41) is 18.0. The summed E-state index contributed by atoms with van der Waals surface area (Å²) >= 11 is 0. The monoisotopic (exact) mass is 345 g/mol. The summed E-state index contributed by atoms with van der Waals surface area (Å²) in [7, 11) is 0. The second-order valence-electron chi connectivity index (χ2n) is 5.47. The van der Waals surface area contributed by atoms with Crippen LogP contribution in [0.5, 0.6) is 5.75 Å². The van der Waals surface area contributed by atoms with Crippen molar-refractivity contribution in [1.29, 1.82) is 5.26 Å². The van der Waals surface area contributed by atoms with Crippen LogP contribution in [-0.2, 0) is 9.53 Å². The van der Waals surface area contributed by atoms with Crippen molar-refractivity contribution in [2.75, 3.05) is 13.2 Å². The molecule has 0 amide bonds. The number of carboxylic acid groups (broad SMARTS) is 1. The fourth-order valence-corrected chi connectivity index (χ4v) is 2.19. The van der Waals surface area contributed by atoms with Crippen LogP contribution in [0.2, 0.25) is 0 Å². The predicted molar refractivity (Wildman–Crippen MR) is 92.5 cm³/mol. The first-order chi connectivity index (χ1) is 12.1. The fraction of sp³-hybridized carbons (Fsp3) is 0.421. The maximum absolute atomic E-state index is 11.0. The lowest BCUT2D eigenvalue weighted by Crippen LogP contribution is -2.03. The molecule has 0 saturated carbocycles. The van der Waals surface area contributed by atoms with Crippen molar-refractivity contribution in [3.63, 3.8) is 0 Å². The topological polar surface area (TPSA) is 96.6 Å². The smallest absolute Gasteiger partial charge is 0.335 e. The van der Waals surface area contributed by atoms with E-state index in [1.807, 2.05) is 6.07 Å². The quantitative estimate of drug-likeness (QED) is 0.352. The van der Waals surface area contributed by atoms with E-state index in [1.165, 1.54) is 18.2 Å². The van der Waals surface area contributed by atoms with Crippen molar-refractivity contribution in [3.05, 3.63) is 42.0 Å². The zero-order chi connectivity index (χ0) is 18.5. The lowest BCUT2D eigenvalue weighted by Gasteiger charge is -2.08. The van der Waals surface area contributed by atoms with Crippen LogP contribution in [0, 0.1) is 11.3 Å². The molecular weight excluding hydrogens is 322 g/mol. The Morgan fingerprint density at radius 2 is 1.76 bits per heavy atom. The minimum Gasteiger partial charge on any atom is -0.492 e. The molecule has 0 heterocycles. The standard InChI is InChI=1S/C19H23NO5/c1-2-18(21)25-12-8-6-4-3-5-7-11-24-17-13-15(19(22)23)9-10-16(17)14-20/h2,9-10,13H,1,3-8,11-12H2,(H,22,23). The summed E-state index contributed by atoms with van der Waals surface area (Å²) in [4.78, 5) is 21.8. The van der Waals surface area contributed by atoms with Gasteiger partial charge in [-0.3, -0.25) is 0 Å². The Labute approximate surface area is 147 Å². The van der Waals surface area contributed by atoms with E-state index in [4.69, 9.17) is 19.8 Å². The van der Waals surface area contributed by atoms with Gasteiger partial charge in [0.1, 0.15) is 11.8 Å². The normalized spacial score (nSPS) is 9.88. The van der Waals surface area contributed by atoms with Crippen molar-refractivity contribution >= 4 is 11.9 Å². The second-order valence-corrected chi connectivity index (χ2v) is 5.47. The molecule has 1 aromatic rings. The minimum absolute atomic E-state index is 0.103. The van der Waals surface area contributed by atoms with Gasteiger partial charge < -0.3 is 14.6 Å². The Morgan fingerprint density at radius 1 is 1.12 bits per heavy atom. The van der Waals surface area contributed by atoms with E-state index >= 15 is 0 Å². The molecule has 0 atom stereocenters. The van der Waals surface area contributed by atoms with Gasteiger partial charge in [0, 0.05) is 6.08 Å². The summed E-state index contributed by atoms with van der Waals surface area (Å²) in [6, 6.07) is 6.22. The number of carboxylic acids is 1. The largest absolute Gasteiger partial charge is 0.492 e. The second kappa shape index (κ2) is 11.7. The molecule has 0 aliphatic rings. The SMILES string of the molecule is C=CC(=O)OCCCCCCCCOc1cc(C(=O)O)ccc1C#N. The van der Waals surface area contributed by atoms with Crippen molar-refractivity contribution in [2.24, 2.45) is 0 Å². The van der Waals surface area contributed by atoms with Gasteiger partial charge in [-0.25, -0.2) is 9.59 Å². The Balaban J connectivity index is 2.17. The van der Waals surface area contributed by atoms with Crippen LogP contribution >= 0.6 is 0 Å². The summed E-state index contributed by atoms with van der Waals surface area (Å²) in [6.45, 7) is 4.19. The highest BCUT2D eigenvalue weighted by Crippen LogP contribution is 2.20. The highest BCUT2D eigenvalue weighted by Gasteiger charge is 2.09. The molecule has 1 N–H and O–H groups in total. The number of esters is 1. The number of hydrogen-bond acceptors (Lipinski definition) is 5. The van der Waals surface area contributed by atoms with E-state index in [1.54, 1.807) is 0 Å². The molecule has 134 valence electrons. The highest BCUT2D eigenvalue weighted by molar-refractivity contribution is 5.88. The first-order valence-corrected chi connectivity index (χ1v) is 8.28. The first-order valence-electron chi connectivity index (χ1n) is 8.28. The number of hydrogen-bond donors (Lipinski definition) is 1. The molecule has 0 unspecified atom stereocenters. The molecule has 25 heavy (non-hydrogen) atoms. The summed E-state index contributed by atoms with van der Waals surface area (Å²) in [6.07, 6.45) is 6.88. The van der Waals surface area contributed by atoms with E-state index in [9.17, 15) is 9.59 Å². The predicted octanol–water partition coefficient (Wildman–Crippen LogP) is 3.71. The van der Waals surface area contributed by atoms with Crippen LogP contribution in [0.3, 0.4) is 0 Å². The van der Waals surface area contributed by atoms with Crippen LogP contribution in [0.25, 0.3) is 0 Å². The third-order valence-corrected chi connectivity index (χ3v) is 3.56. The molecule has 0 aromatic heterocycles. The average Bonchev–Trinajstić information content (AvgIpc) is 2.62. The molecule has 0 radical (unpaired) electrons. The van der Waals surface area contributed by atoms with Gasteiger partial charge in [0.05, 0.1) is 24.3 Å². The van der Waals surface area contributed by atoms with Crippen LogP contribution < -0.4 is 4.74 Å². The van der Waals surface area contributed by atoms with E-state index in [0.717, 1.165) is 44.6 Å². The molecular formula is C19H23NO5. The Hall–Kier alpha value is -2.81.